The average molecular weight is 235 g/mol. The van der Waals surface area contributed by atoms with Gasteiger partial charge in [0.05, 0.1) is 5.75 Å². The van der Waals surface area contributed by atoms with Gasteiger partial charge in [0.25, 0.3) is 0 Å². The summed E-state index contributed by atoms with van der Waals surface area (Å²) < 4.78 is 22.5. The molecule has 0 saturated carbocycles. The van der Waals surface area contributed by atoms with Crippen molar-refractivity contribution in [2.24, 2.45) is 11.7 Å². The largest absolute Gasteiger partial charge is 0.327 e. The standard InChI is InChI=1S/C11H25NO2S/c1-4-10(5-2)11(12)8-7-9-15(13,14)6-3/h10-11H,4-9,12H2,1-3H3. The van der Waals surface area contributed by atoms with Crippen molar-refractivity contribution in [3.05, 3.63) is 0 Å². The molecule has 3 nitrogen and oxygen atoms in total. The molecule has 1 unspecified atom stereocenters. The van der Waals surface area contributed by atoms with Gasteiger partial charge in [-0.2, -0.15) is 0 Å². The van der Waals surface area contributed by atoms with Gasteiger partial charge >= 0.3 is 0 Å². The van der Waals surface area contributed by atoms with Crippen LogP contribution in [-0.2, 0) is 9.84 Å². The average Bonchev–Trinajstić information content (AvgIpc) is 2.19. The van der Waals surface area contributed by atoms with Crippen molar-refractivity contribution in [1.82, 2.24) is 0 Å². The van der Waals surface area contributed by atoms with Crippen molar-refractivity contribution >= 4 is 9.84 Å². The molecule has 15 heavy (non-hydrogen) atoms. The lowest BCUT2D eigenvalue weighted by Crippen LogP contribution is -2.30. The van der Waals surface area contributed by atoms with Crippen molar-refractivity contribution < 1.29 is 8.42 Å². The first kappa shape index (κ1) is 14.9. The number of nitrogens with two attached hydrogens (primary N) is 1. The smallest absolute Gasteiger partial charge is 0.150 e. The Bertz CT molecular complexity index is 245. The molecule has 0 radical (unpaired) electrons. The van der Waals surface area contributed by atoms with Crippen LogP contribution in [-0.4, -0.2) is 26.0 Å². The first-order valence-corrected chi connectivity index (χ1v) is 7.74. The minimum atomic E-state index is -2.81. The van der Waals surface area contributed by atoms with Gasteiger partial charge in [0, 0.05) is 11.8 Å². The van der Waals surface area contributed by atoms with Crippen LogP contribution < -0.4 is 5.73 Å². The first-order chi connectivity index (χ1) is 6.96. The van der Waals surface area contributed by atoms with Gasteiger partial charge in [-0.25, -0.2) is 8.42 Å². The van der Waals surface area contributed by atoms with E-state index in [9.17, 15) is 8.42 Å². The molecule has 0 saturated heterocycles. The maximum atomic E-state index is 11.2. The summed E-state index contributed by atoms with van der Waals surface area (Å²) in [5, 5.41) is 0. The maximum absolute atomic E-state index is 11.2. The van der Waals surface area contributed by atoms with E-state index in [0.29, 0.717) is 12.3 Å². The van der Waals surface area contributed by atoms with Crippen LogP contribution in [0, 0.1) is 5.92 Å². The molecule has 92 valence electrons. The van der Waals surface area contributed by atoms with Crippen molar-refractivity contribution in [1.29, 1.82) is 0 Å². The van der Waals surface area contributed by atoms with Gasteiger partial charge in [-0.05, 0) is 18.8 Å². The SMILES string of the molecule is CCC(CC)C(N)CCCS(=O)(=O)CC. The van der Waals surface area contributed by atoms with Crippen LogP contribution in [0.1, 0.15) is 46.5 Å². The van der Waals surface area contributed by atoms with Gasteiger partial charge in [-0.1, -0.05) is 33.6 Å². The Hall–Kier alpha value is -0.0900. The second kappa shape index (κ2) is 7.23. The molecule has 2 N–H and O–H groups in total. The molecule has 0 amide bonds. The molecule has 1 atom stereocenters. The van der Waals surface area contributed by atoms with Gasteiger partial charge < -0.3 is 5.73 Å². The lowest BCUT2D eigenvalue weighted by atomic mass is 9.92. The first-order valence-electron chi connectivity index (χ1n) is 5.92. The fourth-order valence-corrected chi connectivity index (χ4v) is 2.71. The summed E-state index contributed by atoms with van der Waals surface area (Å²) >= 11 is 0. The van der Waals surface area contributed by atoms with Crippen molar-refractivity contribution in [2.75, 3.05) is 11.5 Å². The molecule has 4 heteroatoms. The number of hydrogen-bond acceptors (Lipinski definition) is 3. The molecule has 0 fully saturated rings. The lowest BCUT2D eigenvalue weighted by Gasteiger charge is -2.20. The van der Waals surface area contributed by atoms with E-state index in [1.54, 1.807) is 6.92 Å². The van der Waals surface area contributed by atoms with Crippen LogP contribution in [0.4, 0.5) is 0 Å². The highest BCUT2D eigenvalue weighted by molar-refractivity contribution is 7.91. The molecule has 0 heterocycles. The number of rotatable bonds is 8. The van der Waals surface area contributed by atoms with Crippen LogP contribution in [0.15, 0.2) is 0 Å². The van der Waals surface area contributed by atoms with Gasteiger partial charge in [0.1, 0.15) is 9.84 Å². The van der Waals surface area contributed by atoms with E-state index in [0.717, 1.165) is 19.3 Å². The zero-order valence-corrected chi connectivity index (χ0v) is 11.0. The third-order valence-electron chi connectivity index (χ3n) is 3.09. The monoisotopic (exact) mass is 235 g/mol. The van der Waals surface area contributed by atoms with Crippen molar-refractivity contribution in [2.45, 2.75) is 52.5 Å². The van der Waals surface area contributed by atoms with E-state index in [4.69, 9.17) is 5.73 Å². The minimum Gasteiger partial charge on any atom is -0.327 e. The molecule has 0 aromatic heterocycles. The minimum absolute atomic E-state index is 0.159. The van der Waals surface area contributed by atoms with E-state index >= 15 is 0 Å². The summed E-state index contributed by atoms with van der Waals surface area (Å²) in [4.78, 5) is 0. The molecule has 0 spiro atoms. The van der Waals surface area contributed by atoms with Crippen molar-refractivity contribution in [3.63, 3.8) is 0 Å². The second-order valence-electron chi connectivity index (χ2n) is 4.12. The molecule has 0 aliphatic rings. The molecule has 0 aromatic carbocycles. The Labute approximate surface area is 94.4 Å². The fourth-order valence-electron chi connectivity index (χ4n) is 1.81. The van der Waals surface area contributed by atoms with Gasteiger partial charge in [-0.15, -0.1) is 0 Å². The summed E-state index contributed by atoms with van der Waals surface area (Å²) in [5.41, 5.74) is 6.01. The van der Waals surface area contributed by atoms with Crippen molar-refractivity contribution in [3.8, 4) is 0 Å². The Balaban J connectivity index is 3.86. The second-order valence-corrected chi connectivity index (χ2v) is 6.59. The third-order valence-corrected chi connectivity index (χ3v) is 4.88. The molecule has 0 rings (SSSR count). The van der Waals surface area contributed by atoms with Gasteiger partial charge in [-0.3, -0.25) is 0 Å². The molecular formula is C11H25NO2S. The Morgan fingerprint density at radius 2 is 1.67 bits per heavy atom. The molecule has 0 aromatic rings. The number of hydrogen-bond donors (Lipinski definition) is 1. The molecule has 0 aliphatic carbocycles. The predicted octanol–water partition coefficient (Wildman–Crippen LogP) is 1.96. The van der Waals surface area contributed by atoms with E-state index in [-0.39, 0.29) is 17.5 Å². The molecule has 0 bridgehead atoms. The van der Waals surface area contributed by atoms with Crippen LogP contribution >= 0.6 is 0 Å². The topological polar surface area (TPSA) is 60.2 Å². The Morgan fingerprint density at radius 1 is 1.13 bits per heavy atom. The number of sulfone groups is 1. The van der Waals surface area contributed by atoms with Gasteiger partial charge in [0.15, 0.2) is 0 Å². The molecular weight excluding hydrogens is 210 g/mol. The third kappa shape index (κ3) is 6.15. The summed E-state index contributed by atoms with van der Waals surface area (Å²) in [6.45, 7) is 5.96. The summed E-state index contributed by atoms with van der Waals surface area (Å²) in [6.07, 6.45) is 3.69. The highest BCUT2D eigenvalue weighted by Crippen LogP contribution is 2.15. The van der Waals surface area contributed by atoms with E-state index < -0.39 is 9.84 Å². The van der Waals surface area contributed by atoms with E-state index in [2.05, 4.69) is 13.8 Å². The Morgan fingerprint density at radius 3 is 2.07 bits per heavy atom. The summed E-state index contributed by atoms with van der Waals surface area (Å²) in [6, 6.07) is 0.159. The quantitative estimate of drug-likeness (QED) is 0.699. The van der Waals surface area contributed by atoms with Crippen LogP contribution in [0.5, 0.6) is 0 Å². The van der Waals surface area contributed by atoms with Crippen LogP contribution in [0.3, 0.4) is 0 Å². The zero-order valence-electron chi connectivity index (χ0n) is 10.2. The van der Waals surface area contributed by atoms with E-state index in [1.807, 2.05) is 0 Å². The van der Waals surface area contributed by atoms with Crippen LogP contribution in [0.2, 0.25) is 0 Å². The highest BCUT2D eigenvalue weighted by Gasteiger charge is 2.15. The highest BCUT2D eigenvalue weighted by atomic mass is 32.2. The Kier molecular flexibility index (Phi) is 7.18. The van der Waals surface area contributed by atoms with Crippen LogP contribution in [0.25, 0.3) is 0 Å². The summed E-state index contributed by atoms with van der Waals surface area (Å²) in [5.74, 6) is 1.07. The normalized spacial score (nSPS) is 14.5. The fraction of sp³-hybridized carbons (Fsp3) is 1.00. The van der Waals surface area contributed by atoms with Gasteiger partial charge in [0.2, 0.25) is 0 Å². The van der Waals surface area contributed by atoms with E-state index in [1.165, 1.54) is 0 Å². The zero-order chi connectivity index (χ0) is 11.9. The predicted molar refractivity (Wildman–Crippen MR) is 65.6 cm³/mol. The molecule has 0 aliphatic heterocycles. The summed E-state index contributed by atoms with van der Waals surface area (Å²) in [7, 11) is -2.81. The maximum Gasteiger partial charge on any atom is 0.150 e. The lowest BCUT2D eigenvalue weighted by molar-refractivity contribution is 0.375.